The van der Waals surface area contributed by atoms with E-state index in [0.717, 1.165) is 21.6 Å². The third-order valence-electron chi connectivity index (χ3n) is 4.69. The fourth-order valence-corrected chi connectivity index (χ4v) is 3.87. The zero-order chi connectivity index (χ0) is 21.8. The molecule has 8 heteroatoms. The predicted octanol–water partition coefficient (Wildman–Crippen LogP) is 5.45. The summed E-state index contributed by atoms with van der Waals surface area (Å²) in [6.07, 6.45) is 0. The zero-order valence-electron chi connectivity index (χ0n) is 16.5. The first-order valence-electron chi connectivity index (χ1n) is 9.45. The SMILES string of the molecule is Cc1sc(NNC(=O)c2ccc(-c3ccccc3)cc2)nc1-c1ccc([N+](=O)[O-])cc1. The fraction of sp³-hybridized carbons (Fsp3) is 0.0435. The topological polar surface area (TPSA) is 97.2 Å². The van der Waals surface area contributed by atoms with Crippen molar-refractivity contribution in [3.05, 3.63) is 99.4 Å². The Morgan fingerprint density at radius 3 is 2.16 bits per heavy atom. The van der Waals surface area contributed by atoms with Crippen molar-refractivity contribution in [2.45, 2.75) is 6.92 Å². The number of hydrazine groups is 1. The largest absolute Gasteiger partial charge is 0.273 e. The molecule has 31 heavy (non-hydrogen) atoms. The van der Waals surface area contributed by atoms with Crippen molar-refractivity contribution >= 4 is 28.1 Å². The Bertz CT molecular complexity index is 1220. The van der Waals surface area contributed by atoms with Crippen LogP contribution in [0.3, 0.4) is 0 Å². The second-order valence-corrected chi connectivity index (χ2v) is 7.95. The summed E-state index contributed by atoms with van der Waals surface area (Å²) in [5.41, 5.74) is 9.67. The van der Waals surface area contributed by atoms with Gasteiger partial charge in [-0.15, -0.1) is 11.3 Å². The van der Waals surface area contributed by atoms with E-state index in [4.69, 9.17) is 0 Å². The molecule has 4 aromatic rings. The van der Waals surface area contributed by atoms with E-state index in [1.165, 1.54) is 23.5 Å². The Morgan fingerprint density at radius 2 is 1.52 bits per heavy atom. The van der Waals surface area contributed by atoms with E-state index in [9.17, 15) is 14.9 Å². The van der Waals surface area contributed by atoms with Crippen LogP contribution in [0.2, 0.25) is 0 Å². The van der Waals surface area contributed by atoms with Crippen LogP contribution in [0.1, 0.15) is 15.2 Å². The Balaban J connectivity index is 1.42. The summed E-state index contributed by atoms with van der Waals surface area (Å²) in [5.74, 6) is -0.274. The van der Waals surface area contributed by atoms with Crippen molar-refractivity contribution in [2.75, 3.05) is 5.43 Å². The molecule has 0 saturated heterocycles. The first-order valence-corrected chi connectivity index (χ1v) is 10.3. The molecule has 1 aromatic heterocycles. The number of hydrogen-bond acceptors (Lipinski definition) is 6. The quantitative estimate of drug-likeness (QED) is 0.313. The lowest BCUT2D eigenvalue weighted by Crippen LogP contribution is -2.29. The van der Waals surface area contributed by atoms with Crippen LogP contribution in [-0.2, 0) is 0 Å². The molecule has 0 bridgehead atoms. The maximum Gasteiger partial charge on any atom is 0.269 e. The first kappa shape index (κ1) is 20.2. The summed E-state index contributed by atoms with van der Waals surface area (Å²) in [4.78, 5) is 28.3. The van der Waals surface area contributed by atoms with Crippen LogP contribution in [0, 0.1) is 17.0 Å². The van der Waals surface area contributed by atoms with E-state index in [0.29, 0.717) is 16.4 Å². The number of nitro groups is 1. The molecule has 0 saturated carbocycles. The molecule has 0 radical (unpaired) electrons. The minimum Gasteiger partial charge on any atom is -0.273 e. The average molecular weight is 430 g/mol. The standard InChI is InChI=1S/C23H18N4O3S/c1-15-21(18-11-13-20(14-12-18)27(29)30)24-23(31-15)26-25-22(28)19-9-7-17(8-10-19)16-5-3-2-4-6-16/h2-14H,1H3,(H,24,26)(H,25,28). The molecule has 3 aromatic carbocycles. The molecule has 0 fully saturated rings. The van der Waals surface area contributed by atoms with Crippen LogP contribution in [0.15, 0.2) is 78.9 Å². The molecule has 4 rings (SSSR count). The number of nitrogens with one attached hydrogen (secondary N) is 2. The van der Waals surface area contributed by atoms with Crippen LogP contribution in [-0.4, -0.2) is 15.8 Å². The summed E-state index contributed by atoms with van der Waals surface area (Å²) in [6.45, 7) is 1.91. The third-order valence-corrected chi connectivity index (χ3v) is 5.57. The number of anilines is 1. The lowest BCUT2D eigenvalue weighted by Gasteiger charge is -2.07. The van der Waals surface area contributed by atoms with Gasteiger partial charge in [-0.1, -0.05) is 42.5 Å². The van der Waals surface area contributed by atoms with Gasteiger partial charge in [0.25, 0.3) is 11.6 Å². The molecule has 0 spiro atoms. The van der Waals surface area contributed by atoms with Gasteiger partial charge in [0.15, 0.2) is 0 Å². The average Bonchev–Trinajstić information content (AvgIpc) is 3.18. The van der Waals surface area contributed by atoms with Crippen molar-refractivity contribution in [3.8, 4) is 22.4 Å². The highest BCUT2D eigenvalue weighted by Gasteiger charge is 2.13. The van der Waals surface area contributed by atoms with Crippen LogP contribution in [0.25, 0.3) is 22.4 Å². The molecule has 1 heterocycles. The molecular formula is C23H18N4O3S. The van der Waals surface area contributed by atoms with Gasteiger partial charge in [-0.25, -0.2) is 4.98 Å². The summed E-state index contributed by atoms with van der Waals surface area (Å²) >= 11 is 1.39. The lowest BCUT2D eigenvalue weighted by molar-refractivity contribution is -0.384. The molecule has 0 atom stereocenters. The molecule has 0 aliphatic carbocycles. The third kappa shape index (κ3) is 4.59. The Hall–Kier alpha value is -4.04. The van der Waals surface area contributed by atoms with Crippen LogP contribution in [0.5, 0.6) is 0 Å². The first-order chi connectivity index (χ1) is 15.0. The highest BCUT2D eigenvalue weighted by atomic mass is 32.1. The maximum absolute atomic E-state index is 12.5. The van der Waals surface area contributed by atoms with Gasteiger partial charge in [-0.05, 0) is 42.3 Å². The Morgan fingerprint density at radius 1 is 0.903 bits per heavy atom. The second kappa shape index (κ2) is 8.76. The van der Waals surface area contributed by atoms with Gasteiger partial charge in [0.2, 0.25) is 5.13 Å². The molecule has 0 aliphatic rings. The highest BCUT2D eigenvalue weighted by molar-refractivity contribution is 7.16. The number of aryl methyl sites for hydroxylation is 1. The molecule has 7 nitrogen and oxygen atoms in total. The van der Waals surface area contributed by atoms with E-state index < -0.39 is 4.92 Å². The van der Waals surface area contributed by atoms with Crippen LogP contribution < -0.4 is 10.9 Å². The van der Waals surface area contributed by atoms with Gasteiger partial charge in [-0.3, -0.25) is 25.8 Å². The Labute approximate surface area is 182 Å². The number of nitro benzene ring substituents is 1. The molecule has 0 unspecified atom stereocenters. The molecule has 2 N–H and O–H groups in total. The monoisotopic (exact) mass is 430 g/mol. The van der Waals surface area contributed by atoms with Crippen molar-refractivity contribution in [3.63, 3.8) is 0 Å². The predicted molar refractivity (Wildman–Crippen MR) is 122 cm³/mol. The molecule has 1 amide bonds. The van der Waals surface area contributed by atoms with Crippen molar-refractivity contribution in [2.24, 2.45) is 0 Å². The number of hydrogen-bond donors (Lipinski definition) is 2. The summed E-state index contributed by atoms with van der Waals surface area (Å²) in [7, 11) is 0. The number of non-ortho nitro benzene ring substituents is 1. The number of carbonyl (C=O) groups is 1. The number of carbonyl (C=O) groups excluding carboxylic acids is 1. The highest BCUT2D eigenvalue weighted by Crippen LogP contribution is 2.31. The number of rotatable bonds is 6. The minimum absolute atomic E-state index is 0.0283. The van der Waals surface area contributed by atoms with Crippen molar-refractivity contribution < 1.29 is 9.72 Å². The molecular weight excluding hydrogens is 412 g/mol. The van der Waals surface area contributed by atoms with E-state index in [1.54, 1.807) is 24.3 Å². The van der Waals surface area contributed by atoms with Gasteiger partial charge in [0.1, 0.15) is 0 Å². The summed E-state index contributed by atoms with van der Waals surface area (Å²) in [6, 6.07) is 23.5. The number of amides is 1. The van der Waals surface area contributed by atoms with Gasteiger partial charge < -0.3 is 0 Å². The van der Waals surface area contributed by atoms with E-state index in [1.807, 2.05) is 49.4 Å². The smallest absolute Gasteiger partial charge is 0.269 e. The molecule has 154 valence electrons. The van der Waals surface area contributed by atoms with Gasteiger partial charge in [-0.2, -0.15) is 0 Å². The lowest BCUT2D eigenvalue weighted by atomic mass is 10.0. The normalized spacial score (nSPS) is 10.5. The zero-order valence-corrected chi connectivity index (χ0v) is 17.3. The van der Waals surface area contributed by atoms with Crippen molar-refractivity contribution in [1.82, 2.24) is 10.4 Å². The fourth-order valence-electron chi connectivity index (χ4n) is 3.09. The number of benzene rings is 3. The summed E-state index contributed by atoms with van der Waals surface area (Å²) in [5, 5.41) is 11.3. The van der Waals surface area contributed by atoms with Crippen LogP contribution in [0.4, 0.5) is 10.8 Å². The van der Waals surface area contributed by atoms with Gasteiger partial charge in [0.05, 0.1) is 10.6 Å². The molecule has 0 aliphatic heterocycles. The van der Waals surface area contributed by atoms with E-state index >= 15 is 0 Å². The number of aromatic nitrogens is 1. The van der Waals surface area contributed by atoms with Gasteiger partial charge in [0, 0.05) is 28.1 Å². The minimum atomic E-state index is -0.438. The summed E-state index contributed by atoms with van der Waals surface area (Å²) < 4.78 is 0. The Kier molecular flexibility index (Phi) is 5.72. The number of thiazole rings is 1. The van der Waals surface area contributed by atoms with Crippen LogP contribution >= 0.6 is 11.3 Å². The van der Waals surface area contributed by atoms with Gasteiger partial charge >= 0.3 is 0 Å². The number of nitrogens with zero attached hydrogens (tertiary/aromatic N) is 2. The second-order valence-electron chi connectivity index (χ2n) is 6.75. The van der Waals surface area contributed by atoms with E-state index in [-0.39, 0.29) is 11.6 Å². The van der Waals surface area contributed by atoms with Crippen molar-refractivity contribution in [1.29, 1.82) is 0 Å². The maximum atomic E-state index is 12.5. The van der Waals surface area contributed by atoms with E-state index in [2.05, 4.69) is 15.8 Å².